The zero-order valence-electron chi connectivity index (χ0n) is 9.31. The first-order chi connectivity index (χ1) is 7.15. The van der Waals surface area contributed by atoms with Crippen LogP contribution in [0, 0.1) is 0 Å². The normalized spacial score (nSPS) is 26.7. The standard InChI is InChI=1S/C12H18N2S/c1-9-7-14(8-10(2)15-9)12-5-3-4-11(13)6-12/h3-6,9-10H,7-8,13H2,1-2H3. The maximum absolute atomic E-state index is 5.80. The van der Waals surface area contributed by atoms with Crippen molar-refractivity contribution in [2.75, 3.05) is 23.7 Å². The number of hydrogen-bond acceptors (Lipinski definition) is 3. The molecular weight excluding hydrogens is 204 g/mol. The lowest BCUT2D eigenvalue weighted by atomic mass is 10.2. The lowest BCUT2D eigenvalue weighted by molar-refractivity contribution is 0.728. The van der Waals surface area contributed by atoms with E-state index in [2.05, 4.69) is 42.6 Å². The summed E-state index contributed by atoms with van der Waals surface area (Å²) in [4.78, 5) is 2.43. The van der Waals surface area contributed by atoms with Gasteiger partial charge in [0.05, 0.1) is 0 Å². The molecule has 2 atom stereocenters. The fourth-order valence-corrected chi connectivity index (χ4v) is 3.44. The van der Waals surface area contributed by atoms with Gasteiger partial charge in [-0.25, -0.2) is 0 Å². The van der Waals surface area contributed by atoms with Gasteiger partial charge >= 0.3 is 0 Å². The van der Waals surface area contributed by atoms with Crippen LogP contribution in [0.3, 0.4) is 0 Å². The highest BCUT2D eigenvalue weighted by atomic mass is 32.2. The van der Waals surface area contributed by atoms with Gasteiger partial charge in [0.2, 0.25) is 0 Å². The highest BCUT2D eigenvalue weighted by Crippen LogP contribution is 2.29. The molecule has 2 N–H and O–H groups in total. The van der Waals surface area contributed by atoms with Crippen molar-refractivity contribution in [2.45, 2.75) is 24.3 Å². The first-order valence-electron chi connectivity index (χ1n) is 5.41. The van der Waals surface area contributed by atoms with Crippen LogP contribution in [-0.2, 0) is 0 Å². The van der Waals surface area contributed by atoms with Crippen molar-refractivity contribution in [2.24, 2.45) is 0 Å². The van der Waals surface area contributed by atoms with E-state index in [1.54, 1.807) is 0 Å². The summed E-state index contributed by atoms with van der Waals surface area (Å²) >= 11 is 2.07. The van der Waals surface area contributed by atoms with Crippen LogP contribution in [0.25, 0.3) is 0 Å². The number of nitrogens with zero attached hydrogens (tertiary/aromatic N) is 1. The van der Waals surface area contributed by atoms with Gasteiger partial charge in [-0.3, -0.25) is 0 Å². The Morgan fingerprint density at radius 2 is 1.93 bits per heavy atom. The number of nitrogen functional groups attached to an aromatic ring is 1. The second kappa shape index (κ2) is 4.35. The van der Waals surface area contributed by atoms with E-state index in [9.17, 15) is 0 Å². The van der Waals surface area contributed by atoms with E-state index in [0.717, 1.165) is 18.8 Å². The average Bonchev–Trinajstić information content (AvgIpc) is 2.16. The number of hydrogen-bond donors (Lipinski definition) is 1. The van der Waals surface area contributed by atoms with Gasteiger partial charge in [0, 0.05) is 35.0 Å². The van der Waals surface area contributed by atoms with Crippen LogP contribution >= 0.6 is 11.8 Å². The fourth-order valence-electron chi connectivity index (χ4n) is 2.11. The van der Waals surface area contributed by atoms with Crippen LogP contribution < -0.4 is 10.6 Å². The Hall–Kier alpha value is -0.830. The van der Waals surface area contributed by atoms with Crippen molar-refractivity contribution < 1.29 is 0 Å². The van der Waals surface area contributed by atoms with E-state index >= 15 is 0 Å². The van der Waals surface area contributed by atoms with E-state index in [-0.39, 0.29) is 0 Å². The molecule has 0 saturated carbocycles. The molecule has 1 aromatic carbocycles. The monoisotopic (exact) mass is 222 g/mol. The molecule has 0 spiro atoms. The third-order valence-corrected chi connectivity index (χ3v) is 3.88. The number of anilines is 2. The second-order valence-corrected chi connectivity index (χ2v) is 6.14. The summed E-state index contributed by atoms with van der Waals surface area (Å²) in [5.74, 6) is 0. The average molecular weight is 222 g/mol. The van der Waals surface area contributed by atoms with Crippen LogP contribution in [0.1, 0.15) is 13.8 Å². The summed E-state index contributed by atoms with van der Waals surface area (Å²) < 4.78 is 0. The highest BCUT2D eigenvalue weighted by molar-refractivity contribution is 8.00. The molecule has 1 heterocycles. The molecule has 3 heteroatoms. The Balaban J connectivity index is 2.16. The van der Waals surface area contributed by atoms with E-state index in [0.29, 0.717) is 10.5 Å². The lowest BCUT2D eigenvalue weighted by Gasteiger charge is -2.36. The van der Waals surface area contributed by atoms with Gasteiger partial charge in [0.15, 0.2) is 0 Å². The molecule has 1 aromatic rings. The molecule has 2 unspecified atom stereocenters. The van der Waals surface area contributed by atoms with Crippen LogP contribution in [0.4, 0.5) is 11.4 Å². The Morgan fingerprint density at radius 1 is 1.27 bits per heavy atom. The minimum absolute atomic E-state index is 0.704. The molecule has 1 aliphatic heterocycles. The largest absolute Gasteiger partial charge is 0.399 e. The second-order valence-electron chi connectivity index (χ2n) is 4.26. The number of thioether (sulfide) groups is 1. The van der Waals surface area contributed by atoms with Crippen molar-refractivity contribution >= 4 is 23.1 Å². The minimum Gasteiger partial charge on any atom is -0.399 e. The third kappa shape index (κ3) is 2.59. The van der Waals surface area contributed by atoms with Crippen molar-refractivity contribution in [3.8, 4) is 0 Å². The van der Waals surface area contributed by atoms with E-state index in [1.165, 1.54) is 5.69 Å². The molecule has 0 aromatic heterocycles. The summed E-state index contributed by atoms with van der Waals surface area (Å²) in [5.41, 5.74) is 7.91. The molecule has 0 radical (unpaired) electrons. The maximum Gasteiger partial charge on any atom is 0.0387 e. The Bertz CT molecular complexity index is 330. The van der Waals surface area contributed by atoms with E-state index < -0.39 is 0 Å². The molecule has 2 rings (SSSR count). The number of nitrogens with two attached hydrogens (primary N) is 1. The quantitative estimate of drug-likeness (QED) is 0.741. The number of rotatable bonds is 1. The van der Waals surface area contributed by atoms with Gasteiger partial charge in [-0.15, -0.1) is 0 Å². The van der Waals surface area contributed by atoms with E-state index in [1.807, 2.05) is 12.1 Å². The number of benzene rings is 1. The van der Waals surface area contributed by atoms with Crippen LogP contribution in [-0.4, -0.2) is 23.6 Å². The zero-order chi connectivity index (χ0) is 10.8. The van der Waals surface area contributed by atoms with Crippen molar-refractivity contribution in [1.82, 2.24) is 0 Å². The van der Waals surface area contributed by atoms with Crippen molar-refractivity contribution in [1.29, 1.82) is 0 Å². The summed E-state index contributed by atoms with van der Waals surface area (Å²) in [6.45, 7) is 6.83. The van der Waals surface area contributed by atoms with Gasteiger partial charge in [-0.05, 0) is 18.2 Å². The smallest absolute Gasteiger partial charge is 0.0387 e. The molecule has 1 fully saturated rings. The molecule has 1 aliphatic rings. The predicted molar refractivity (Wildman–Crippen MR) is 69.6 cm³/mol. The predicted octanol–water partition coefficient (Wildman–Crippen LogP) is 2.60. The molecule has 0 bridgehead atoms. The molecular formula is C12H18N2S. The molecule has 82 valence electrons. The van der Waals surface area contributed by atoms with Crippen LogP contribution in [0.2, 0.25) is 0 Å². The molecule has 2 nitrogen and oxygen atoms in total. The Labute approximate surface area is 95.8 Å². The van der Waals surface area contributed by atoms with Gasteiger partial charge in [-0.1, -0.05) is 19.9 Å². The van der Waals surface area contributed by atoms with Gasteiger partial charge in [0.1, 0.15) is 0 Å². The summed E-state index contributed by atoms with van der Waals surface area (Å²) in [7, 11) is 0. The lowest BCUT2D eigenvalue weighted by Crippen LogP contribution is -2.40. The first-order valence-corrected chi connectivity index (χ1v) is 6.35. The van der Waals surface area contributed by atoms with E-state index in [4.69, 9.17) is 5.73 Å². The topological polar surface area (TPSA) is 29.3 Å². The molecule has 15 heavy (non-hydrogen) atoms. The summed E-state index contributed by atoms with van der Waals surface area (Å²) in [5, 5.41) is 1.41. The fraction of sp³-hybridized carbons (Fsp3) is 0.500. The SMILES string of the molecule is CC1CN(c2cccc(N)c2)CC(C)S1. The molecule has 0 aliphatic carbocycles. The van der Waals surface area contributed by atoms with Gasteiger partial charge < -0.3 is 10.6 Å². The Kier molecular flexibility index (Phi) is 3.10. The van der Waals surface area contributed by atoms with Crippen LogP contribution in [0.15, 0.2) is 24.3 Å². The minimum atomic E-state index is 0.704. The zero-order valence-corrected chi connectivity index (χ0v) is 10.1. The summed E-state index contributed by atoms with van der Waals surface area (Å²) in [6.07, 6.45) is 0. The van der Waals surface area contributed by atoms with Crippen molar-refractivity contribution in [3.05, 3.63) is 24.3 Å². The van der Waals surface area contributed by atoms with Crippen LogP contribution in [0.5, 0.6) is 0 Å². The molecule has 0 amide bonds. The van der Waals surface area contributed by atoms with Gasteiger partial charge in [-0.2, -0.15) is 11.8 Å². The van der Waals surface area contributed by atoms with Gasteiger partial charge in [0.25, 0.3) is 0 Å². The maximum atomic E-state index is 5.80. The third-order valence-electron chi connectivity index (χ3n) is 2.65. The Morgan fingerprint density at radius 3 is 2.53 bits per heavy atom. The van der Waals surface area contributed by atoms with Crippen molar-refractivity contribution in [3.63, 3.8) is 0 Å². The summed E-state index contributed by atoms with van der Waals surface area (Å²) in [6, 6.07) is 8.18. The first kappa shape index (κ1) is 10.7. The highest BCUT2D eigenvalue weighted by Gasteiger charge is 2.22. The molecule has 1 saturated heterocycles.